The number of carbonyl (C=O) groups excluding carboxylic acids is 2. The van der Waals surface area contributed by atoms with E-state index >= 15 is 0 Å². The van der Waals surface area contributed by atoms with E-state index < -0.39 is 0 Å². The first-order valence-electron chi connectivity index (χ1n) is 10.4. The molecule has 0 radical (unpaired) electrons. The Labute approximate surface area is 178 Å². The van der Waals surface area contributed by atoms with Crippen LogP contribution < -0.4 is 10.2 Å². The number of nitrogens with zero attached hydrogens (tertiary/aromatic N) is 1. The predicted octanol–water partition coefficient (Wildman–Crippen LogP) is 5.99. The minimum absolute atomic E-state index is 0.0425. The van der Waals surface area contributed by atoms with Gasteiger partial charge < -0.3 is 5.32 Å². The maximum Gasteiger partial charge on any atom is 0.238 e. The van der Waals surface area contributed by atoms with Gasteiger partial charge in [-0.1, -0.05) is 62.1 Å². The maximum absolute atomic E-state index is 12.7. The summed E-state index contributed by atoms with van der Waals surface area (Å²) in [6, 6.07) is 14.0. The highest BCUT2D eigenvalue weighted by atomic mass is 32.2. The molecule has 4 nitrogen and oxygen atoms in total. The summed E-state index contributed by atoms with van der Waals surface area (Å²) in [7, 11) is 0. The van der Waals surface area contributed by atoms with Crippen LogP contribution in [0.2, 0.25) is 0 Å². The number of hydrogen-bond donors (Lipinski definition) is 1. The molecule has 5 heteroatoms. The summed E-state index contributed by atoms with van der Waals surface area (Å²) in [4.78, 5) is 27.1. The lowest BCUT2D eigenvalue weighted by Crippen LogP contribution is -2.29. The number of para-hydroxylation sites is 1. The largest absolute Gasteiger partial charge is 0.326 e. The van der Waals surface area contributed by atoms with Crippen molar-refractivity contribution in [1.29, 1.82) is 0 Å². The first kappa shape index (κ1) is 21.4. The van der Waals surface area contributed by atoms with Crippen molar-refractivity contribution in [3.05, 3.63) is 59.2 Å². The fraction of sp³-hybridized carbons (Fsp3) is 0.417. The standard InChI is InChI=1S/C24H30N2O2S/c1-4-5-6-7-12-22(27)25-20-11-9-8-10-19(20)24-26(23(28)16-29-24)21-14-13-17(2)15-18(21)3/h8-11,13-15,24H,4-7,12,16H2,1-3H3,(H,25,27). The topological polar surface area (TPSA) is 49.4 Å². The van der Waals surface area contributed by atoms with Crippen molar-refractivity contribution in [2.24, 2.45) is 0 Å². The first-order valence-corrected chi connectivity index (χ1v) is 11.5. The van der Waals surface area contributed by atoms with Crippen LogP contribution in [0.4, 0.5) is 11.4 Å². The van der Waals surface area contributed by atoms with Crippen molar-refractivity contribution >= 4 is 35.0 Å². The lowest BCUT2D eigenvalue weighted by Gasteiger charge is -2.27. The van der Waals surface area contributed by atoms with Crippen LogP contribution in [0.3, 0.4) is 0 Å². The highest BCUT2D eigenvalue weighted by molar-refractivity contribution is 8.00. The van der Waals surface area contributed by atoms with E-state index in [2.05, 4.69) is 25.2 Å². The van der Waals surface area contributed by atoms with Crippen LogP contribution in [-0.2, 0) is 9.59 Å². The van der Waals surface area contributed by atoms with E-state index in [9.17, 15) is 9.59 Å². The van der Waals surface area contributed by atoms with Gasteiger partial charge in [-0.15, -0.1) is 11.8 Å². The molecule has 29 heavy (non-hydrogen) atoms. The van der Waals surface area contributed by atoms with Gasteiger partial charge in [-0.3, -0.25) is 14.5 Å². The average Bonchev–Trinajstić information content (AvgIpc) is 3.07. The number of carbonyl (C=O) groups is 2. The van der Waals surface area contributed by atoms with Crippen molar-refractivity contribution in [2.75, 3.05) is 16.0 Å². The Morgan fingerprint density at radius 1 is 1.14 bits per heavy atom. The van der Waals surface area contributed by atoms with Gasteiger partial charge in [0.05, 0.1) is 5.75 Å². The van der Waals surface area contributed by atoms with Gasteiger partial charge in [-0.2, -0.15) is 0 Å². The number of hydrogen-bond acceptors (Lipinski definition) is 3. The number of nitrogens with one attached hydrogen (secondary N) is 1. The van der Waals surface area contributed by atoms with Crippen molar-refractivity contribution in [2.45, 2.75) is 58.2 Å². The van der Waals surface area contributed by atoms with E-state index in [0.717, 1.165) is 48.2 Å². The van der Waals surface area contributed by atoms with Crippen LogP contribution in [0.1, 0.15) is 61.1 Å². The molecule has 1 unspecified atom stereocenters. The molecular formula is C24H30N2O2S. The zero-order valence-electron chi connectivity index (χ0n) is 17.5. The van der Waals surface area contributed by atoms with Crippen molar-refractivity contribution in [1.82, 2.24) is 0 Å². The summed E-state index contributed by atoms with van der Waals surface area (Å²) >= 11 is 1.61. The molecule has 1 aliphatic rings. The van der Waals surface area contributed by atoms with E-state index in [4.69, 9.17) is 0 Å². The molecule has 154 valence electrons. The van der Waals surface area contributed by atoms with E-state index in [1.54, 1.807) is 11.8 Å². The summed E-state index contributed by atoms with van der Waals surface area (Å²) in [5.41, 5.74) is 4.98. The van der Waals surface area contributed by atoms with E-state index in [0.29, 0.717) is 12.2 Å². The van der Waals surface area contributed by atoms with Gasteiger partial charge in [0.1, 0.15) is 5.37 Å². The molecule has 0 saturated carbocycles. The van der Waals surface area contributed by atoms with Crippen molar-refractivity contribution in [3.63, 3.8) is 0 Å². The zero-order chi connectivity index (χ0) is 20.8. The predicted molar refractivity (Wildman–Crippen MR) is 122 cm³/mol. The molecule has 0 bridgehead atoms. The highest BCUT2D eigenvalue weighted by Gasteiger charge is 2.36. The molecule has 2 amide bonds. The number of amides is 2. The summed E-state index contributed by atoms with van der Waals surface area (Å²) in [6.45, 7) is 6.26. The molecule has 1 heterocycles. The Morgan fingerprint density at radius 2 is 1.93 bits per heavy atom. The van der Waals surface area contributed by atoms with Crippen molar-refractivity contribution in [3.8, 4) is 0 Å². The molecule has 3 rings (SSSR count). The fourth-order valence-corrected chi connectivity index (χ4v) is 4.95. The number of unbranched alkanes of at least 4 members (excludes halogenated alkanes) is 3. The number of benzene rings is 2. The summed E-state index contributed by atoms with van der Waals surface area (Å²) in [5, 5.41) is 2.95. The molecule has 2 aromatic carbocycles. The number of aryl methyl sites for hydroxylation is 2. The van der Waals surface area contributed by atoms with Crippen LogP contribution in [0, 0.1) is 13.8 Å². The molecule has 1 aliphatic heterocycles. The Hall–Kier alpha value is -2.27. The van der Waals surface area contributed by atoms with Gasteiger partial charge in [-0.05, 0) is 38.0 Å². The van der Waals surface area contributed by atoms with Gasteiger partial charge >= 0.3 is 0 Å². The molecular weight excluding hydrogens is 380 g/mol. The minimum atomic E-state index is -0.138. The molecule has 1 saturated heterocycles. The normalized spacial score (nSPS) is 16.3. The lowest BCUT2D eigenvalue weighted by atomic mass is 10.1. The third kappa shape index (κ3) is 5.21. The van der Waals surface area contributed by atoms with Crippen LogP contribution >= 0.6 is 11.8 Å². The summed E-state index contributed by atoms with van der Waals surface area (Å²) in [6.07, 6.45) is 4.85. The van der Waals surface area contributed by atoms with Crippen LogP contribution in [0.15, 0.2) is 42.5 Å². The Kier molecular flexibility index (Phi) is 7.37. The number of anilines is 2. The lowest BCUT2D eigenvalue weighted by molar-refractivity contribution is -0.116. The quantitative estimate of drug-likeness (QED) is 0.544. The number of thioether (sulfide) groups is 1. The summed E-state index contributed by atoms with van der Waals surface area (Å²) in [5.74, 6) is 0.589. The third-order valence-electron chi connectivity index (χ3n) is 5.24. The Morgan fingerprint density at radius 3 is 2.69 bits per heavy atom. The van der Waals surface area contributed by atoms with E-state index in [1.807, 2.05) is 48.2 Å². The molecule has 0 spiro atoms. The van der Waals surface area contributed by atoms with Gasteiger partial charge in [0.25, 0.3) is 0 Å². The minimum Gasteiger partial charge on any atom is -0.326 e. The van der Waals surface area contributed by atoms with E-state index in [-0.39, 0.29) is 17.2 Å². The van der Waals surface area contributed by atoms with Gasteiger partial charge in [0.2, 0.25) is 11.8 Å². The summed E-state index contributed by atoms with van der Waals surface area (Å²) < 4.78 is 0. The van der Waals surface area contributed by atoms with Crippen LogP contribution in [0.5, 0.6) is 0 Å². The highest BCUT2D eigenvalue weighted by Crippen LogP contribution is 2.45. The molecule has 1 atom stereocenters. The van der Waals surface area contributed by atoms with Crippen LogP contribution in [0.25, 0.3) is 0 Å². The molecule has 0 aliphatic carbocycles. The monoisotopic (exact) mass is 410 g/mol. The molecule has 1 fully saturated rings. The molecule has 2 aromatic rings. The van der Waals surface area contributed by atoms with Gasteiger partial charge in [0.15, 0.2) is 0 Å². The fourth-order valence-electron chi connectivity index (χ4n) is 3.74. The Bertz CT molecular complexity index is 881. The average molecular weight is 411 g/mol. The third-order valence-corrected chi connectivity index (χ3v) is 6.43. The van der Waals surface area contributed by atoms with Crippen LogP contribution in [-0.4, -0.2) is 17.6 Å². The van der Waals surface area contributed by atoms with Gasteiger partial charge in [-0.25, -0.2) is 0 Å². The zero-order valence-corrected chi connectivity index (χ0v) is 18.3. The Balaban J connectivity index is 1.82. The second-order valence-corrected chi connectivity index (χ2v) is 8.73. The molecule has 0 aromatic heterocycles. The smallest absolute Gasteiger partial charge is 0.238 e. The van der Waals surface area contributed by atoms with E-state index in [1.165, 1.54) is 5.56 Å². The second kappa shape index (κ2) is 9.97. The maximum atomic E-state index is 12.7. The van der Waals surface area contributed by atoms with Crippen molar-refractivity contribution < 1.29 is 9.59 Å². The number of rotatable bonds is 8. The first-order chi connectivity index (χ1) is 14.0. The molecule has 1 N–H and O–H groups in total. The SMILES string of the molecule is CCCCCCC(=O)Nc1ccccc1C1SCC(=O)N1c1ccc(C)cc1C. The second-order valence-electron chi connectivity index (χ2n) is 7.66. The van der Waals surface area contributed by atoms with Gasteiger partial charge in [0, 0.05) is 23.4 Å².